The zero-order valence-electron chi connectivity index (χ0n) is 15.5. The molecule has 1 aliphatic heterocycles. The first kappa shape index (κ1) is 18.2. The van der Waals surface area contributed by atoms with Crippen LogP contribution in [-0.4, -0.2) is 64.6 Å². The molecule has 4 rings (SSSR count). The number of H-pyrrole nitrogens is 1. The number of aliphatic hydroxyl groups excluding tert-OH is 1. The van der Waals surface area contributed by atoms with Gasteiger partial charge in [-0.25, -0.2) is 0 Å². The quantitative estimate of drug-likeness (QED) is 0.726. The van der Waals surface area contributed by atoms with Crippen molar-refractivity contribution in [1.29, 1.82) is 0 Å². The summed E-state index contributed by atoms with van der Waals surface area (Å²) >= 11 is 0. The molecule has 8 nitrogen and oxygen atoms in total. The van der Waals surface area contributed by atoms with Crippen LogP contribution in [0.15, 0.2) is 22.6 Å². The number of nitrogens with two attached hydrogens (primary N) is 1. The topological polar surface area (TPSA) is 118 Å². The molecule has 3 heterocycles. The molecular formula is C19H26N4O4. The van der Waals surface area contributed by atoms with Crippen molar-refractivity contribution in [2.24, 2.45) is 11.1 Å². The molecule has 0 radical (unpaired) electrons. The van der Waals surface area contributed by atoms with Crippen LogP contribution in [0.4, 0.5) is 0 Å². The molecule has 2 fully saturated rings. The summed E-state index contributed by atoms with van der Waals surface area (Å²) in [6.45, 7) is 4.02. The number of carbonyl (C=O) groups excluding carboxylic acids is 1. The van der Waals surface area contributed by atoms with E-state index in [0.717, 1.165) is 18.6 Å². The van der Waals surface area contributed by atoms with Gasteiger partial charge in [-0.2, -0.15) is 5.10 Å². The molecule has 1 aliphatic carbocycles. The lowest BCUT2D eigenvalue weighted by molar-refractivity contribution is -0.208. The molecule has 0 bridgehead atoms. The normalized spacial score (nSPS) is 24.2. The van der Waals surface area contributed by atoms with E-state index < -0.39 is 0 Å². The predicted molar refractivity (Wildman–Crippen MR) is 98.0 cm³/mol. The van der Waals surface area contributed by atoms with Crippen LogP contribution in [-0.2, 0) is 4.74 Å². The number of piperidine rings is 1. The van der Waals surface area contributed by atoms with E-state index in [1.165, 1.54) is 0 Å². The van der Waals surface area contributed by atoms with Crippen molar-refractivity contribution in [1.82, 2.24) is 15.1 Å². The van der Waals surface area contributed by atoms with Crippen LogP contribution >= 0.6 is 0 Å². The van der Waals surface area contributed by atoms with Crippen molar-refractivity contribution in [2.45, 2.75) is 38.4 Å². The number of amides is 1. The van der Waals surface area contributed by atoms with E-state index >= 15 is 0 Å². The minimum Gasteiger partial charge on any atom is -0.460 e. The van der Waals surface area contributed by atoms with E-state index in [2.05, 4.69) is 10.2 Å². The summed E-state index contributed by atoms with van der Waals surface area (Å²) in [4.78, 5) is 14.6. The second-order valence-corrected chi connectivity index (χ2v) is 7.50. The van der Waals surface area contributed by atoms with Crippen LogP contribution in [0, 0.1) is 12.3 Å². The Balaban J connectivity index is 1.40. The zero-order valence-corrected chi connectivity index (χ0v) is 15.5. The van der Waals surface area contributed by atoms with Crippen molar-refractivity contribution in [3.05, 3.63) is 29.7 Å². The van der Waals surface area contributed by atoms with Crippen LogP contribution in [0.25, 0.3) is 11.5 Å². The summed E-state index contributed by atoms with van der Waals surface area (Å²) in [6.07, 6.45) is 1.77. The summed E-state index contributed by atoms with van der Waals surface area (Å²) < 4.78 is 11.4. The molecule has 0 aromatic carbocycles. The second kappa shape index (κ2) is 7.10. The Kier molecular flexibility index (Phi) is 4.79. The van der Waals surface area contributed by atoms with Crippen molar-refractivity contribution in [3.63, 3.8) is 0 Å². The number of nitrogens with zero attached hydrogens (tertiary/aromatic N) is 2. The van der Waals surface area contributed by atoms with E-state index in [1.807, 2.05) is 19.1 Å². The van der Waals surface area contributed by atoms with Gasteiger partial charge < -0.3 is 24.9 Å². The fourth-order valence-electron chi connectivity index (χ4n) is 4.25. The minimum absolute atomic E-state index is 0.0347. The van der Waals surface area contributed by atoms with Gasteiger partial charge in [0.2, 0.25) is 0 Å². The van der Waals surface area contributed by atoms with Gasteiger partial charge in [-0.1, -0.05) is 0 Å². The van der Waals surface area contributed by atoms with Crippen molar-refractivity contribution < 1.29 is 19.1 Å². The molecule has 1 amide bonds. The first-order chi connectivity index (χ1) is 13.0. The Morgan fingerprint density at radius 2 is 2.26 bits per heavy atom. The third-order valence-corrected chi connectivity index (χ3v) is 5.96. The molecule has 4 N–H and O–H groups in total. The molecular weight excluding hydrogens is 348 g/mol. The Bertz CT molecular complexity index is 806. The van der Waals surface area contributed by atoms with E-state index in [1.54, 1.807) is 11.0 Å². The summed E-state index contributed by atoms with van der Waals surface area (Å²) in [6, 6.07) is 5.44. The van der Waals surface area contributed by atoms with Crippen molar-refractivity contribution >= 4 is 5.91 Å². The molecule has 0 unspecified atom stereocenters. The molecule has 8 heteroatoms. The highest BCUT2D eigenvalue weighted by molar-refractivity contribution is 5.93. The van der Waals surface area contributed by atoms with Gasteiger partial charge in [0.1, 0.15) is 11.5 Å². The summed E-state index contributed by atoms with van der Waals surface area (Å²) in [5.74, 6) is 1.36. The van der Waals surface area contributed by atoms with Gasteiger partial charge in [0, 0.05) is 37.5 Å². The smallest absolute Gasteiger partial charge is 0.274 e. The third kappa shape index (κ3) is 3.18. The Labute approximate surface area is 157 Å². The van der Waals surface area contributed by atoms with Crippen LogP contribution in [0.5, 0.6) is 0 Å². The van der Waals surface area contributed by atoms with Crippen LogP contribution < -0.4 is 5.73 Å². The number of hydrogen-bond acceptors (Lipinski definition) is 6. The fraction of sp³-hybridized carbons (Fsp3) is 0.579. The monoisotopic (exact) mass is 374 g/mol. The van der Waals surface area contributed by atoms with Gasteiger partial charge in [0.05, 0.1) is 18.8 Å². The first-order valence-electron chi connectivity index (χ1n) is 9.45. The largest absolute Gasteiger partial charge is 0.460 e. The number of aromatic nitrogens is 2. The molecule has 1 saturated heterocycles. The fourth-order valence-corrected chi connectivity index (χ4v) is 4.25. The number of aliphatic hydroxyl groups is 1. The Hall–Kier alpha value is -2.16. The van der Waals surface area contributed by atoms with Gasteiger partial charge in [-0.05, 0) is 31.9 Å². The van der Waals surface area contributed by atoms with E-state index in [9.17, 15) is 9.90 Å². The van der Waals surface area contributed by atoms with E-state index in [-0.39, 0.29) is 23.5 Å². The Morgan fingerprint density at radius 1 is 1.48 bits per heavy atom. The first-order valence-corrected chi connectivity index (χ1v) is 9.45. The second-order valence-electron chi connectivity index (χ2n) is 7.50. The summed E-state index contributed by atoms with van der Waals surface area (Å²) in [5, 5.41) is 17.3. The number of aromatic amines is 1. The minimum atomic E-state index is -0.364. The highest BCUT2D eigenvalue weighted by Gasteiger charge is 2.56. The number of nitrogens with one attached hydrogen (secondary N) is 1. The number of likely N-dealkylation sites (tertiary alicyclic amines) is 1. The lowest BCUT2D eigenvalue weighted by Crippen LogP contribution is -2.63. The number of aryl methyl sites for hydroxylation is 1. The molecule has 1 spiro atoms. The SMILES string of the molecule is Cc1ccc(-c2cc(C(=O)N3CCC4(CC3)[C@@H](O)C[C@H]4OCCN)n[nH]2)o1. The Morgan fingerprint density at radius 3 is 2.89 bits per heavy atom. The maximum absolute atomic E-state index is 12.8. The number of carbonyl (C=O) groups is 1. The van der Waals surface area contributed by atoms with Crippen LogP contribution in [0.3, 0.4) is 0 Å². The standard InChI is InChI=1S/C19H26N4O4/c1-12-2-3-15(27-12)13-10-14(22-21-13)18(25)23-7-4-19(5-8-23)16(24)11-17(19)26-9-6-20/h2-3,10,16-17,24H,4-9,11,20H2,1H3,(H,21,22)/t16-,17+/m0/s1. The summed E-state index contributed by atoms with van der Waals surface area (Å²) in [5.41, 5.74) is 6.34. The van der Waals surface area contributed by atoms with Gasteiger partial charge in [0.25, 0.3) is 5.91 Å². The molecule has 146 valence electrons. The van der Waals surface area contributed by atoms with Gasteiger partial charge in [-0.15, -0.1) is 0 Å². The lowest BCUT2D eigenvalue weighted by Gasteiger charge is -2.56. The third-order valence-electron chi connectivity index (χ3n) is 5.96. The average Bonchev–Trinajstić information content (AvgIpc) is 3.33. The lowest BCUT2D eigenvalue weighted by atomic mass is 9.58. The predicted octanol–water partition coefficient (Wildman–Crippen LogP) is 1.31. The zero-order chi connectivity index (χ0) is 19.0. The number of ether oxygens (including phenoxy) is 1. The molecule has 2 aliphatic rings. The number of rotatable bonds is 5. The molecule has 2 aromatic rings. The number of furan rings is 1. The van der Waals surface area contributed by atoms with E-state index in [0.29, 0.717) is 49.8 Å². The van der Waals surface area contributed by atoms with Gasteiger partial charge in [-0.3, -0.25) is 9.89 Å². The summed E-state index contributed by atoms with van der Waals surface area (Å²) in [7, 11) is 0. The maximum Gasteiger partial charge on any atom is 0.274 e. The molecule has 2 atom stereocenters. The van der Waals surface area contributed by atoms with E-state index in [4.69, 9.17) is 14.9 Å². The molecule has 2 aromatic heterocycles. The van der Waals surface area contributed by atoms with Crippen LogP contribution in [0.1, 0.15) is 35.5 Å². The highest BCUT2D eigenvalue weighted by Crippen LogP contribution is 2.51. The average molecular weight is 374 g/mol. The highest BCUT2D eigenvalue weighted by atomic mass is 16.5. The molecule has 27 heavy (non-hydrogen) atoms. The van der Waals surface area contributed by atoms with Crippen molar-refractivity contribution in [3.8, 4) is 11.5 Å². The molecule has 1 saturated carbocycles. The number of hydrogen-bond donors (Lipinski definition) is 3. The van der Waals surface area contributed by atoms with Gasteiger partial charge in [0.15, 0.2) is 11.5 Å². The van der Waals surface area contributed by atoms with Gasteiger partial charge >= 0.3 is 0 Å². The maximum atomic E-state index is 12.8. The van der Waals surface area contributed by atoms with Crippen LogP contribution in [0.2, 0.25) is 0 Å². The van der Waals surface area contributed by atoms with Crippen molar-refractivity contribution in [2.75, 3.05) is 26.2 Å².